The van der Waals surface area contributed by atoms with Gasteiger partial charge in [0.05, 0.1) is 5.02 Å². The monoisotopic (exact) mass is 340 g/mol. The van der Waals surface area contributed by atoms with Crippen LogP contribution in [0.1, 0.15) is 10.4 Å². The smallest absolute Gasteiger partial charge is 0.349 e. The molecular weight excluding hydrogens is 327 g/mol. The Morgan fingerprint density at radius 3 is 2.50 bits per heavy atom. The third kappa shape index (κ3) is 2.84. The van der Waals surface area contributed by atoms with E-state index in [0.29, 0.717) is 23.5 Å². The van der Waals surface area contributed by atoms with Crippen molar-refractivity contribution in [1.82, 2.24) is 9.80 Å². The maximum Gasteiger partial charge on any atom is 0.349 e. The Balaban J connectivity index is 2.02. The zero-order valence-corrected chi connectivity index (χ0v) is 13.4. The summed E-state index contributed by atoms with van der Waals surface area (Å²) in [5, 5.41) is 1.21. The first-order valence-corrected chi connectivity index (χ1v) is 7.62. The van der Waals surface area contributed by atoms with E-state index in [1.54, 1.807) is 11.0 Å². The van der Waals surface area contributed by atoms with Crippen molar-refractivity contribution >= 4 is 40.1 Å². The normalized spacial score (nSPS) is 16.2. The van der Waals surface area contributed by atoms with Crippen LogP contribution in [0.25, 0.3) is 11.0 Å². The second-order valence-corrected chi connectivity index (χ2v) is 6.19. The van der Waals surface area contributed by atoms with Crippen molar-refractivity contribution in [3.05, 3.63) is 44.2 Å². The molecule has 1 amide bonds. The van der Waals surface area contributed by atoms with Gasteiger partial charge in [0, 0.05) is 36.6 Å². The summed E-state index contributed by atoms with van der Waals surface area (Å²) in [5.41, 5.74) is -0.429. The zero-order chi connectivity index (χ0) is 15.9. The molecule has 0 atom stereocenters. The van der Waals surface area contributed by atoms with Gasteiger partial charge >= 0.3 is 5.63 Å². The van der Waals surface area contributed by atoms with E-state index in [0.717, 1.165) is 13.1 Å². The molecule has 0 saturated carbocycles. The van der Waals surface area contributed by atoms with E-state index < -0.39 is 5.63 Å². The van der Waals surface area contributed by atoms with Crippen LogP contribution in [0.5, 0.6) is 0 Å². The minimum Gasteiger partial charge on any atom is -0.421 e. The number of amides is 1. The van der Waals surface area contributed by atoms with Crippen molar-refractivity contribution < 1.29 is 9.21 Å². The lowest BCUT2D eigenvalue weighted by molar-refractivity contribution is 0.0660. The summed E-state index contributed by atoms with van der Waals surface area (Å²) in [7, 11) is 2.00. The van der Waals surface area contributed by atoms with Crippen molar-refractivity contribution in [2.45, 2.75) is 0 Å². The van der Waals surface area contributed by atoms with Crippen LogP contribution in [0.3, 0.4) is 0 Å². The molecule has 0 N–H and O–H groups in total. The highest BCUT2D eigenvalue weighted by Crippen LogP contribution is 2.27. The van der Waals surface area contributed by atoms with E-state index in [-0.39, 0.29) is 22.1 Å². The highest BCUT2D eigenvalue weighted by molar-refractivity contribution is 6.38. The molecule has 3 rings (SSSR count). The summed E-state index contributed by atoms with van der Waals surface area (Å²) < 4.78 is 5.21. The number of benzene rings is 1. The molecule has 7 heteroatoms. The molecule has 1 aliphatic rings. The second-order valence-electron chi connectivity index (χ2n) is 5.35. The van der Waals surface area contributed by atoms with E-state index in [2.05, 4.69) is 4.90 Å². The van der Waals surface area contributed by atoms with Crippen LogP contribution >= 0.6 is 23.2 Å². The Morgan fingerprint density at radius 1 is 1.14 bits per heavy atom. The predicted molar refractivity (Wildman–Crippen MR) is 85.9 cm³/mol. The standard InChI is InChI=1S/C15H14Cl2N2O3/c1-18-2-4-19(5-3-18)14(20)11-7-9-6-10(16)8-12(17)13(9)22-15(11)21/h6-8H,2-5H2,1H3. The molecule has 0 unspecified atom stereocenters. The maximum absolute atomic E-state index is 12.5. The summed E-state index contributed by atoms with van der Waals surface area (Å²) in [6.07, 6.45) is 0. The molecule has 1 fully saturated rings. The fraction of sp³-hybridized carbons (Fsp3) is 0.333. The van der Waals surface area contributed by atoms with Gasteiger partial charge < -0.3 is 14.2 Å². The van der Waals surface area contributed by atoms with Crippen LogP contribution in [-0.2, 0) is 0 Å². The van der Waals surface area contributed by atoms with Crippen molar-refractivity contribution in [1.29, 1.82) is 0 Å². The minimum absolute atomic E-state index is 0.00962. The van der Waals surface area contributed by atoms with E-state index in [1.165, 1.54) is 12.1 Å². The maximum atomic E-state index is 12.5. The molecule has 1 aliphatic heterocycles. The number of piperazine rings is 1. The first-order chi connectivity index (χ1) is 10.5. The Kier molecular flexibility index (Phi) is 4.12. The van der Waals surface area contributed by atoms with E-state index in [4.69, 9.17) is 27.6 Å². The molecule has 0 bridgehead atoms. The number of rotatable bonds is 1. The Labute approximate surface area is 137 Å². The first kappa shape index (κ1) is 15.3. The molecule has 5 nitrogen and oxygen atoms in total. The quantitative estimate of drug-likeness (QED) is 0.748. The first-order valence-electron chi connectivity index (χ1n) is 6.86. The van der Waals surface area contributed by atoms with Gasteiger partial charge in [-0.05, 0) is 25.2 Å². The van der Waals surface area contributed by atoms with Gasteiger partial charge in [0.1, 0.15) is 5.56 Å². The molecule has 0 radical (unpaired) electrons. The topological polar surface area (TPSA) is 53.8 Å². The number of carbonyl (C=O) groups excluding carboxylic acids is 1. The summed E-state index contributed by atoms with van der Waals surface area (Å²) >= 11 is 12.0. The highest BCUT2D eigenvalue weighted by atomic mass is 35.5. The van der Waals surface area contributed by atoms with Gasteiger partial charge in [-0.25, -0.2) is 4.79 Å². The zero-order valence-electron chi connectivity index (χ0n) is 11.9. The van der Waals surface area contributed by atoms with Crippen molar-refractivity contribution in [3.8, 4) is 0 Å². The lowest BCUT2D eigenvalue weighted by Gasteiger charge is -2.32. The Morgan fingerprint density at radius 2 is 1.82 bits per heavy atom. The van der Waals surface area contributed by atoms with Crippen molar-refractivity contribution in [2.24, 2.45) is 0 Å². The van der Waals surface area contributed by atoms with E-state index in [1.807, 2.05) is 7.05 Å². The molecule has 2 heterocycles. The Hall–Kier alpha value is -1.56. The van der Waals surface area contributed by atoms with Crippen LogP contribution in [0.4, 0.5) is 0 Å². The van der Waals surface area contributed by atoms with Crippen LogP contribution in [-0.4, -0.2) is 48.9 Å². The van der Waals surface area contributed by atoms with Gasteiger partial charge in [0.15, 0.2) is 5.58 Å². The molecule has 22 heavy (non-hydrogen) atoms. The average molecular weight is 341 g/mol. The number of likely N-dealkylation sites (N-methyl/N-ethyl adjacent to an activating group) is 1. The Bertz CT molecular complexity index is 795. The molecular formula is C15H14Cl2N2O3. The van der Waals surface area contributed by atoms with Crippen LogP contribution in [0.2, 0.25) is 10.0 Å². The van der Waals surface area contributed by atoms with Gasteiger partial charge in [0.2, 0.25) is 0 Å². The molecule has 0 aliphatic carbocycles. The number of hydrogen-bond donors (Lipinski definition) is 0. The number of fused-ring (bicyclic) bond motifs is 1. The summed E-state index contributed by atoms with van der Waals surface area (Å²) in [4.78, 5) is 28.4. The van der Waals surface area contributed by atoms with E-state index >= 15 is 0 Å². The van der Waals surface area contributed by atoms with Gasteiger partial charge in [-0.3, -0.25) is 4.79 Å². The van der Waals surface area contributed by atoms with Gasteiger partial charge in [-0.1, -0.05) is 23.2 Å². The molecule has 116 valence electrons. The fourth-order valence-electron chi connectivity index (χ4n) is 2.49. The van der Waals surface area contributed by atoms with Crippen molar-refractivity contribution in [3.63, 3.8) is 0 Å². The highest BCUT2D eigenvalue weighted by Gasteiger charge is 2.24. The molecule has 1 aromatic heterocycles. The number of halogens is 2. The minimum atomic E-state index is -0.680. The summed E-state index contributed by atoms with van der Waals surface area (Å²) in [6.45, 7) is 2.73. The lowest BCUT2D eigenvalue weighted by Crippen LogP contribution is -2.48. The number of nitrogens with zero attached hydrogens (tertiary/aromatic N) is 2. The molecule has 0 spiro atoms. The SMILES string of the molecule is CN1CCN(C(=O)c2cc3cc(Cl)cc(Cl)c3oc2=O)CC1. The summed E-state index contributed by atoms with van der Waals surface area (Å²) in [6, 6.07) is 4.61. The fourth-order valence-corrected chi connectivity index (χ4v) is 3.03. The molecule has 1 aromatic carbocycles. The molecule has 2 aromatic rings. The third-order valence-corrected chi connectivity index (χ3v) is 4.27. The van der Waals surface area contributed by atoms with E-state index in [9.17, 15) is 9.59 Å². The average Bonchev–Trinajstić information content (AvgIpc) is 2.47. The van der Waals surface area contributed by atoms with Gasteiger partial charge in [-0.2, -0.15) is 0 Å². The summed E-state index contributed by atoms with van der Waals surface area (Å²) in [5.74, 6) is -0.320. The van der Waals surface area contributed by atoms with Crippen LogP contribution in [0, 0.1) is 0 Å². The number of hydrogen-bond acceptors (Lipinski definition) is 4. The lowest BCUT2D eigenvalue weighted by atomic mass is 10.1. The van der Waals surface area contributed by atoms with Crippen molar-refractivity contribution in [2.75, 3.05) is 33.2 Å². The predicted octanol–water partition coefficient (Wildman–Crippen LogP) is 2.49. The van der Waals surface area contributed by atoms with Crippen LogP contribution < -0.4 is 5.63 Å². The third-order valence-electron chi connectivity index (χ3n) is 3.77. The number of carbonyl (C=O) groups is 1. The molecule has 1 saturated heterocycles. The van der Waals surface area contributed by atoms with Gasteiger partial charge in [0.25, 0.3) is 5.91 Å². The van der Waals surface area contributed by atoms with Gasteiger partial charge in [-0.15, -0.1) is 0 Å². The largest absolute Gasteiger partial charge is 0.421 e. The van der Waals surface area contributed by atoms with Crippen LogP contribution in [0.15, 0.2) is 27.4 Å². The second kappa shape index (κ2) is 5.91.